The molecular formula is C31H29FN6OS. The summed E-state index contributed by atoms with van der Waals surface area (Å²) in [5, 5.41) is 4.56. The number of hydrogen-bond donors (Lipinski definition) is 2. The molecule has 0 amide bonds. The van der Waals surface area contributed by atoms with E-state index in [0.717, 1.165) is 63.7 Å². The Labute approximate surface area is 237 Å². The Hall–Kier alpha value is -4.21. The molecule has 4 heterocycles. The van der Waals surface area contributed by atoms with Crippen LogP contribution in [0.4, 0.5) is 27.3 Å². The Balaban J connectivity index is 1.53. The van der Waals surface area contributed by atoms with Crippen molar-refractivity contribution in [2.75, 3.05) is 47.5 Å². The minimum atomic E-state index is -0.334. The van der Waals surface area contributed by atoms with Gasteiger partial charge in [-0.05, 0) is 48.9 Å². The maximum atomic E-state index is 14.4. The van der Waals surface area contributed by atoms with Gasteiger partial charge in [-0.2, -0.15) is 0 Å². The Morgan fingerprint density at radius 3 is 2.65 bits per heavy atom. The highest BCUT2D eigenvalue weighted by Gasteiger charge is 2.19. The van der Waals surface area contributed by atoms with Gasteiger partial charge in [0.25, 0.3) is 0 Å². The molecule has 1 saturated heterocycles. The van der Waals surface area contributed by atoms with Crippen molar-refractivity contribution in [1.82, 2.24) is 15.0 Å². The summed E-state index contributed by atoms with van der Waals surface area (Å²) >= 11 is 1.55. The average Bonchev–Trinajstić information content (AvgIpc) is 2.99. The summed E-state index contributed by atoms with van der Waals surface area (Å²) in [6.45, 7) is 4.91. The van der Waals surface area contributed by atoms with E-state index >= 15 is 0 Å². The molecular weight excluding hydrogens is 523 g/mol. The zero-order valence-corrected chi connectivity index (χ0v) is 23.1. The zero-order valence-electron chi connectivity index (χ0n) is 22.3. The molecule has 5 aromatic rings. The summed E-state index contributed by atoms with van der Waals surface area (Å²) in [5.74, 6) is 0.541. The molecule has 9 heteroatoms. The van der Waals surface area contributed by atoms with E-state index < -0.39 is 0 Å². The third-order valence-electron chi connectivity index (χ3n) is 6.98. The van der Waals surface area contributed by atoms with E-state index in [2.05, 4.69) is 38.1 Å². The van der Waals surface area contributed by atoms with Crippen LogP contribution in [0.5, 0.6) is 0 Å². The summed E-state index contributed by atoms with van der Waals surface area (Å²) in [5.41, 5.74) is 7.64. The SMILES string of the molecule is CSNc1cccc(-c2cnc(N3CCOCC3)cc2Nc2c(C)c(-c3ccccn3)nc3cc(F)ccc23)c1. The average molecular weight is 553 g/mol. The molecule has 2 N–H and O–H groups in total. The van der Waals surface area contributed by atoms with Crippen molar-refractivity contribution >= 4 is 45.7 Å². The highest BCUT2D eigenvalue weighted by atomic mass is 32.2. The molecule has 40 heavy (non-hydrogen) atoms. The normalized spacial score (nSPS) is 13.4. The zero-order chi connectivity index (χ0) is 27.5. The van der Waals surface area contributed by atoms with Gasteiger partial charge >= 0.3 is 0 Å². The number of morpholine rings is 1. The van der Waals surface area contributed by atoms with Crippen molar-refractivity contribution < 1.29 is 9.13 Å². The maximum absolute atomic E-state index is 14.4. The van der Waals surface area contributed by atoms with Gasteiger partial charge in [-0.25, -0.2) is 14.4 Å². The summed E-state index contributed by atoms with van der Waals surface area (Å²) < 4.78 is 23.3. The van der Waals surface area contributed by atoms with Crippen molar-refractivity contribution in [3.05, 3.63) is 90.5 Å². The smallest absolute Gasteiger partial charge is 0.130 e. The number of fused-ring (bicyclic) bond motifs is 1. The summed E-state index contributed by atoms with van der Waals surface area (Å²) in [4.78, 5) is 16.4. The number of hydrogen-bond acceptors (Lipinski definition) is 8. The van der Waals surface area contributed by atoms with Gasteiger partial charge in [-0.15, -0.1) is 0 Å². The molecule has 0 radical (unpaired) electrons. The molecule has 0 aliphatic carbocycles. The Morgan fingerprint density at radius 1 is 0.975 bits per heavy atom. The van der Waals surface area contributed by atoms with E-state index in [1.54, 1.807) is 24.2 Å². The van der Waals surface area contributed by atoms with Crippen molar-refractivity contribution in [1.29, 1.82) is 0 Å². The van der Waals surface area contributed by atoms with Gasteiger partial charge in [0.1, 0.15) is 11.6 Å². The van der Waals surface area contributed by atoms with E-state index in [0.29, 0.717) is 24.4 Å². The Bertz CT molecular complexity index is 1660. The van der Waals surface area contributed by atoms with Crippen LogP contribution in [0.1, 0.15) is 5.56 Å². The second-order valence-electron chi connectivity index (χ2n) is 9.54. The molecule has 1 aliphatic heterocycles. The van der Waals surface area contributed by atoms with Crippen LogP contribution < -0.4 is 14.9 Å². The standard InChI is InChI=1S/C31H29FN6OS/c1-20-30(24-10-9-22(32)17-27(24)36-31(20)26-8-3-4-11-33-26)35-28-18-29(38-12-14-39-15-13-38)34-19-25(28)21-6-5-7-23(16-21)37-40-2/h3-11,16-19,37H,12-15H2,1-2H3,(H,34,35,36). The number of nitrogens with zero attached hydrogens (tertiary/aromatic N) is 4. The number of benzene rings is 2. The molecule has 1 aliphatic rings. The van der Waals surface area contributed by atoms with E-state index in [1.807, 2.05) is 49.7 Å². The molecule has 0 unspecified atom stereocenters. The monoisotopic (exact) mass is 552 g/mol. The number of ether oxygens (including phenoxy) is 1. The third kappa shape index (κ3) is 5.30. The molecule has 2 aromatic carbocycles. The first-order valence-electron chi connectivity index (χ1n) is 13.1. The van der Waals surface area contributed by atoms with Gasteiger partial charge in [-0.1, -0.05) is 30.1 Å². The molecule has 202 valence electrons. The molecule has 0 bridgehead atoms. The minimum absolute atomic E-state index is 0.334. The maximum Gasteiger partial charge on any atom is 0.130 e. The number of nitrogens with one attached hydrogen (secondary N) is 2. The molecule has 3 aromatic heterocycles. The predicted octanol–water partition coefficient (Wildman–Crippen LogP) is 7.08. The lowest BCUT2D eigenvalue weighted by atomic mass is 10.0. The number of pyridine rings is 3. The highest BCUT2D eigenvalue weighted by molar-refractivity contribution is 7.99. The molecule has 0 saturated carbocycles. The van der Waals surface area contributed by atoms with Crippen LogP contribution in [0.3, 0.4) is 0 Å². The molecule has 1 fully saturated rings. The number of halogens is 1. The molecule has 0 atom stereocenters. The fourth-order valence-corrected chi connectivity index (χ4v) is 5.36. The van der Waals surface area contributed by atoms with Gasteiger partial charge < -0.3 is 19.7 Å². The van der Waals surface area contributed by atoms with Crippen LogP contribution in [0, 0.1) is 12.7 Å². The number of rotatable bonds is 7. The first kappa shape index (κ1) is 26.0. The number of aromatic nitrogens is 3. The van der Waals surface area contributed by atoms with Gasteiger partial charge in [-0.3, -0.25) is 4.98 Å². The topological polar surface area (TPSA) is 75.2 Å². The second-order valence-corrected chi connectivity index (χ2v) is 10.1. The third-order valence-corrected chi connectivity index (χ3v) is 7.42. The lowest BCUT2D eigenvalue weighted by Crippen LogP contribution is -2.36. The van der Waals surface area contributed by atoms with Crippen LogP contribution in [0.2, 0.25) is 0 Å². The molecule has 0 spiro atoms. The molecule has 6 rings (SSSR count). The first-order chi connectivity index (χ1) is 19.6. The summed E-state index contributed by atoms with van der Waals surface area (Å²) in [6.07, 6.45) is 5.66. The van der Waals surface area contributed by atoms with Crippen molar-refractivity contribution in [3.63, 3.8) is 0 Å². The fourth-order valence-electron chi connectivity index (χ4n) is 4.99. The number of anilines is 4. The predicted molar refractivity (Wildman–Crippen MR) is 163 cm³/mol. The van der Waals surface area contributed by atoms with Crippen molar-refractivity contribution in [2.24, 2.45) is 0 Å². The quantitative estimate of drug-likeness (QED) is 0.208. The largest absolute Gasteiger partial charge is 0.378 e. The van der Waals surface area contributed by atoms with E-state index in [-0.39, 0.29) is 5.82 Å². The Kier molecular flexibility index (Phi) is 7.48. The Morgan fingerprint density at radius 2 is 1.85 bits per heavy atom. The lowest BCUT2D eigenvalue weighted by molar-refractivity contribution is 0.122. The van der Waals surface area contributed by atoms with Crippen molar-refractivity contribution in [2.45, 2.75) is 6.92 Å². The summed E-state index contributed by atoms with van der Waals surface area (Å²) in [7, 11) is 0. The van der Waals surface area contributed by atoms with Gasteiger partial charge in [0.05, 0.1) is 41.5 Å². The van der Waals surface area contributed by atoms with Gasteiger partial charge in [0.15, 0.2) is 0 Å². The van der Waals surface area contributed by atoms with E-state index in [9.17, 15) is 4.39 Å². The van der Waals surface area contributed by atoms with Crippen LogP contribution in [-0.2, 0) is 4.74 Å². The van der Waals surface area contributed by atoms with E-state index in [4.69, 9.17) is 14.7 Å². The van der Waals surface area contributed by atoms with Crippen LogP contribution in [-0.4, -0.2) is 47.5 Å². The van der Waals surface area contributed by atoms with Crippen LogP contribution in [0.25, 0.3) is 33.4 Å². The lowest BCUT2D eigenvalue weighted by Gasteiger charge is -2.28. The molecule has 7 nitrogen and oxygen atoms in total. The first-order valence-corrected chi connectivity index (χ1v) is 14.3. The fraction of sp³-hybridized carbons (Fsp3) is 0.194. The van der Waals surface area contributed by atoms with Gasteiger partial charge in [0.2, 0.25) is 0 Å². The van der Waals surface area contributed by atoms with Crippen molar-refractivity contribution in [3.8, 4) is 22.5 Å². The summed E-state index contributed by atoms with van der Waals surface area (Å²) in [6, 6.07) is 20.8. The minimum Gasteiger partial charge on any atom is -0.378 e. The van der Waals surface area contributed by atoms with Crippen LogP contribution in [0.15, 0.2) is 79.1 Å². The van der Waals surface area contributed by atoms with E-state index in [1.165, 1.54) is 12.1 Å². The van der Waals surface area contributed by atoms with Gasteiger partial charge in [0, 0.05) is 66.1 Å². The second kappa shape index (κ2) is 11.5. The highest BCUT2D eigenvalue weighted by Crippen LogP contribution is 2.39. The van der Waals surface area contributed by atoms with Crippen LogP contribution >= 0.6 is 11.9 Å².